The Kier molecular flexibility index (Phi) is 1.81. The molecule has 1 nitrogen and oxygen atoms in total. The van der Waals surface area contributed by atoms with Crippen molar-refractivity contribution in [3.8, 4) is 0 Å². The Morgan fingerprint density at radius 2 is 1.57 bits per heavy atom. The van der Waals surface area contributed by atoms with E-state index in [1.54, 1.807) is 0 Å². The molecule has 0 N–H and O–H groups in total. The summed E-state index contributed by atoms with van der Waals surface area (Å²) < 4.78 is 54.7. The molecule has 1 aromatic carbocycles. The van der Waals surface area contributed by atoms with Gasteiger partial charge in [0.15, 0.2) is 0 Å². The van der Waals surface area contributed by atoms with Gasteiger partial charge in [-0.1, -0.05) is 11.6 Å². The van der Waals surface area contributed by atoms with E-state index in [2.05, 4.69) is 4.74 Å². The fourth-order valence-electron chi connectivity index (χ4n) is 1.28. The SMILES string of the molecule is FC1(F)OC(F)(F)c2cc(Cl)ccc21. The zero-order valence-electron chi connectivity index (χ0n) is 6.53. The number of alkyl halides is 4. The average Bonchev–Trinajstić information content (AvgIpc) is 2.17. The van der Waals surface area contributed by atoms with Gasteiger partial charge < -0.3 is 0 Å². The molecular weight excluding hydrogens is 224 g/mol. The monoisotopic (exact) mass is 226 g/mol. The predicted molar refractivity (Wildman–Crippen MR) is 40.3 cm³/mol. The first-order valence-corrected chi connectivity index (χ1v) is 3.97. The van der Waals surface area contributed by atoms with Gasteiger partial charge >= 0.3 is 12.2 Å². The summed E-state index contributed by atoms with van der Waals surface area (Å²) in [6.07, 6.45) is -7.94. The molecule has 0 aliphatic carbocycles. The summed E-state index contributed by atoms with van der Waals surface area (Å²) in [5.74, 6) is 0. The van der Waals surface area contributed by atoms with Crippen LogP contribution in [0.5, 0.6) is 0 Å². The standard InChI is InChI=1S/C8H3ClF4O/c9-4-1-2-5-6(3-4)8(12,13)14-7(5,10)11/h1-3H. The third-order valence-electron chi connectivity index (χ3n) is 1.87. The molecule has 1 aliphatic heterocycles. The Labute approximate surface area is 81.2 Å². The Hall–Kier alpha value is -0.810. The Bertz CT molecular complexity index is 391. The summed E-state index contributed by atoms with van der Waals surface area (Å²) in [4.78, 5) is 0. The zero-order chi connectivity index (χ0) is 10.6. The van der Waals surface area contributed by atoms with Crippen molar-refractivity contribution in [2.24, 2.45) is 0 Å². The van der Waals surface area contributed by atoms with Gasteiger partial charge in [-0.25, -0.2) is 4.74 Å². The van der Waals surface area contributed by atoms with E-state index in [-0.39, 0.29) is 5.02 Å². The quantitative estimate of drug-likeness (QED) is 0.616. The first-order chi connectivity index (χ1) is 6.33. The Morgan fingerprint density at radius 3 is 2.21 bits per heavy atom. The van der Waals surface area contributed by atoms with Crippen molar-refractivity contribution >= 4 is 11.6 Å². The van der Waals surface area contributed by atoms with Gasteiger partial charge in [-0.05, 0) is 18.2 Å². The number of hydrogen-bond donors (Lipinski definition) is 0. The molecule has 0 radical (unpaired) electrons. The van der Waals surface area contributed by atoms with Crippen molar-refractivity contribution in [2.75, 3.05) is 0 Å². The normalized spacial score (nSPS) is 22.1. The van der Waals surface area contributed by atoms with Gasteiger partial charge in [0.05, 0.1) is 11.1 Å². The maximum Gasteiger partial charge on any atom is 0.388 e. The second kappa shape index (κ2) is 2.61. The average molecular weight is 227 g/mol. The lowest BCUT2D eigenvalue weighted by atomic mass is 10.1. The van der Waals surface area contributed by atoms with Crippen LogP contribution in [0.3, 0.4) is 0 Å². The highest BCUT2D eigenvalue weighted by molar-refractivity contribution is 6.30. The summed E-state index contributed by atoms with van der Waals surface area (Å²) in [5.41, 5.74) is -1.72. The van der Waals surface area contributed by atoms with Gasteiger partial charge in [-0.15, -0.1) is 0 Å². The molecule has 0 amide bonds. The van der Waals surface area contributed by atoms with Crippen LogP contribution in [-0.4, -0.2) is 0 Å². The number of halogens is 5. The van der Waals surface area contributed by atoms with Gasteiger partial charge in [-0.2, -0.15) is 17.6 Å². The van der Waals surface area contributed by atoms with E-state index in [1.165, 1.54) is 0 Å². The van der Waals surface area contributed by atoms with Gasteiger partial charge in [0.2, 0.25) is 0 Å². The van der Waals surface area contributed by atoms with Gasteiger partial charge in [0, 0.05) is 5.02 Å². The summed E-state index contributed by atoms with van der Waals surface area (Å²) in [6, 6.07) is 2.72. The fraction of sp³-hybridized carbons (Fsp3) is 0.250. The molecule has 1 aliphatic rings. The maximum atomic E-state index is 12.9. The van der Waals surface area contributed by atoms with Crippen molar-refractivity contribution in [1.29, 1.82) is 0 Å². The van der Waals surface area contributed by atoms with Crippen LogP contribution >= 0.6 is 11.6 Å². The van der Waals surface area contributed by atoms with Crippen molar-refractivity contribution in [2.45, 2.75) is 12.2 Å². The molecule has 6 heteroatoms. The Morgan fingerprint density at radius 1 is 1.00 bits per heavy atom. The second-order valence-corrected chi connectivity index (χ2v) is 3.26. The van der Waals surface area contributed by atoms with Gasteiger partial charge in [0.1, 0.15) is 0 Å². The van der Waals surface area contributed by atoms with Crippen molar-refractivity contribution in [1.82, 2.24) is 0 Å². The predicted octanol–water partition coefficient (Wildman–Crippen LogP) is 3.47. The number of fused-ring (bicyclic) bond motifs is 1. The summed E-state index contributed by atoms with van der Waals surface area (Å²) >= 11 is 5.41. The van der Waals surface area contributed by atoms with E-state index in [4.69, 9.17) is 11.6 Å². The first kappa shape index (κ1) is 9.73. The molecule has 0 saturated heterocycles. The minimum atomic E-state index is -3.98. The van der Waals surface area contributed by atoms with E-state index in [1.807, 2.05) is 0 Å². The van der Waals surface area contributed by atoms with E-state index in [0.29, 0.717) is 0 Å². The Balaban J connectivity index is 2.66. The molecule has 0 fully saturated rings. The van der Waals surface area contributed by atoms with Gasteiger partial charge in [-0.3, -0.25) is 0 Å². The second-order valence-electron chi connectivity index (χ2n) is 2.83. The highest BCUT2D eigenvalue weighted by Crippen LogP contribution is 2.51. The van der Waals surface area contributed by atoms with Crippen molar-refractivity contribution in [3.63, 3.8) is 0 Å². The molecule has 14 heavy (non-hydrogen) atoms. The minimum absolute atomic E-state index is 0.0373. The zero-order valence-corrected chi connectivity index (χ0v) is 7.29. The molecular formula is C8H3ClF4O. The van der Waals surface area contributed by atoms with E-state index < -0.39 is 23.3 Å². The van der Waals surface area contributed by atoms with E-state index in [0.717, 1.165) is 18.2 Å². The number of benzene rings is 1. The molecule has 0 unspecified atom stereocenters. The fourth-order valence-corrected chi connectivity index (χ4v) is 1.45. The maximum absolute atomic E-state index is 12.9. The molecule has 2 rings (SSSR count). The van der Waals surface area contributed by atoms with Crippen LogP contribution in [0.2, 0.25) is 5.02 Å². The third kappa shape index (κ3) is 1.27. The summed E-state index contributed by atoms with van der Waals surface area (Å²) in [7, 11) is 0. The van der Waals surface area contributed by atoms with Crippen LogP contribution in [0.4, 0.5) is 17.6 Å². The lowest BCUT2D eigenvalue weighted by Crippen LogP contribution is -2.17. The largest absolute Gasteiger partial charge is 0.388 e. The molecule has 1 aromatic rings. The number of rotatable bonds is 0. The van der Waals surface area contributed by atoms with E-state index in [9.17, 15) is 17.6 Å². The summed E-state index contributed by atoms with van der Waals surface area (Å²) in [5, 5.41) is -0.0373. The molecule has 1 heterocycles. The molecule has 0 aromatic heterocycles. The number of ether oxygens (including phenoxy) is 1. The van der Waals surface area contributed by atoms with Crippen LogP contribution in [0.25, 0.3) is 0 Å². The van der Waals surface area contributed by atoms with Crippen molar-refractivity contribution < 1.29 is 22.3 Å². The highest BCUT2D eigenvalue weighted by atomic mass is 35.5. The van der Waals surface area contributed by atoms with Crippen molar-refractivity contribution in [3.05, 3.63) is 34.3 Å². The molecule has 76 valence electrons. The van der Waals surface area contributed by atoms with Crippen LogP contribution in [0, 0.1) is 0 Å². The van der Waals surface area contributed by atoms with Crippen LogP contribution < -0.4 is 0 Å². The van der Waals surface area contributed by atoms with Crippen LogP contribution in [0.1, 0.15) is 11.1 Å². The minimum Gasteiger partial charge on any atom is -0.247 e. The van der Waals surface area contributed by atoms with Crippen LogP contribution in [-0.2, 0) is 17.0 Å². The molecule has 0 saturated carbocycles. The number of hydrogen-bond acceptors (Lipinski definition) is 1. The third-order valence-corrected chi connectivity index (χ3v) is 2.10. The lowest BCUT2D eigenvalue weighted by Gasteiger charge is -2.10. The van der Waals surface area contributed by atoms with E-state index >= 15 is 0 Å². The summed E-state index contributed by atoms with van der Waals surface area (Å²) in [6.45, 7) is 0. The highest BCUT2D eigenvalue weighted by Gasteiger charge is 2.57. The molecule has 0 spiro atoms. The van der Waals surface area contributed by atoms with Gasteiger partial charge in [0.25, 0.3) is 0 Å². The molecule has 0 atom stereocenters. The topological polar surface area (TPSA) is 9.23 Å². The lowest BCUT2D eigenvalue weighted by molar-refractivity contribution is -0.369. The first-order valence-electron chi connectivity index (χ1n) is 3.59. The molecule has 0 bridgehead atoms. The van der Waals surface area contributed by atoms with Crippen LogP contribution in [0.15, 0.2) is 18.2 Å². The smallest absolute Gasteiger partial charge is 0.247 e.